The average Bonchev–Trinajstić information content (AvgIpc) is 2.41. The molecule has 1 aromatic carbocycles. The minimum Gasteiger partial charge on any atom is -0.478 e. The summed E-state index contributed by atoms with van der Waals surface area (Å²) in [7, 11) is 0. The van der Waals surface area contributed by atoms with E-state index < -0.39 is 5.97 Å². The molecule has 0 aliphatic rings. The number of carboxylic acid groups (broad SMARTS) is 1. The third kappa shape index (κ3) is 3.31. The number of pyridine rings is 1. The van der Waals surface area contributed by atoms with Crippen LogP contribution in [0.2, 0.25) is 0 Å². The smallest absolute Gasteiger partial charge is 0.335 e. The lowest BCUT2D eigenvalue weighted by Gasteiger charge is -2.08. The Balaban J connectivity index is 2.31. The van der Waals surface area contributed by atoms with Gasteiger partial charge in [0.2, 0.25) is 0 Å². The van der Waals surface area contributed by atoms with E-state index in [-0.39, 0.29) is 5.56 Å². The van der Waals surface area contributed by atoms with E-state index in [0.29, 0.717) is 12.2 Å². The van der Waals surface area contributed by atoms with Crippen molar-refractivity contribution in [3.63, 3.8) is 0 Å². The van der Waals surface area contributed by atoms with Gasteiger partial charge in [-0.2, -0.15) is 0 Å². The Labute approximate surface area is 112 Å². The Morgan fingerprint density at radius 2 is 1.95 bits per heavy atom. The van der Waals surface area contributed by atoms with Gasteiger partial charge in [0.05, 0.1) is 5.56 Å². The van der Waals surface area contributed by atoms with Gasteiger partial charge in [-0.1, -0.05) is 24.6 Å². The Bertz CT molecular complexity index is 592. The van der Waals surface area contributed by atoms with Crippen molar-refractivity contribution in [2.45, 2.75) is 20.3 Å². The van der Waals surface area contributed by atoms with Crippen LogP contribution in [0.5, 0.6) is 0 Å². The lowest BCUT2D eigenvalue weighted by Crippen LogP contribution is -2.03. The monoisotopic (exact) mass is 256 g/mol. The summed E-state index contributed by atoms with van der Waals surface area (Å²) in [5.74, 6) is -0.385. The third-order valence-corrected chi connectivity index (χ3v) is 2.81. The fourth-order valence-electron chi connectivity index (χ4n) is 1.74. The van der Waals surface area contributed by atoms with Gasteiger partial charge in [0, 0.05) is 11.4 Å². The molecule has 4 heteroatoms. The van der Waals surface area contributed by atoms with E-state index in [1.165, 1.54) is 5.56 Å². The van der Waals surface area contributed by atoms with Gasteiger partial charge < -0.3 is 10.4 Å². The van der Waals surface area contributed by atoms with E-state index >= 15 is 0 Å². The summed E-state index contributed by atoms with van der Waals surface area (Å²) in [6.45, 7) is 3.96. The van der Waals surface area contributed by atoms with Crippen LogP contribution in [0.15, 0.2) is 36.4 Å². The number of nitrogens with zero attached hydrogens (tertiary/aromatic N) is 1. The molecule has 0 aliphatic heterocycles. The molecule has 0 fully saturated rings. The fourth-order valence-corrected chi connectivity index (χ4v) is 1.74. The van der Waals surface area contributed by atoms with Crippen LogP contribution in [0.4, 0.5) is 11.5 Å². The molecular weight excluding hydrogens is 240 g/mol. The zero-order valence-electron chi connectivity index (χ0n) is 11.0. The first-order valence-electron chi connectivity index (χ1n) is 6.16. The average molecular weight is 256 g/mol. The quantitative estimate of drug-likeness (QED) is 0.880. The molecule has 1 heterocycles. The summed E-state index contributed by atoms with van der Waals surface area (Å²) in [6, 6.07) is 11.0. The third-order valence-electron chi connectivity index (χ3n) is 2.81. The summed E-state index contributed by atoms with van der Waals surface area (Å²) in [6.07, 6.45) is 0.698. The Kier molecular flexibility index (Phi) is 3.80. The van der Waals surface area contributed by atoms with Gasteiger partial charge in [-0.25, -0.2) is 9.78 Å². The van der Waals surface area contributed by atoms with Crippen molar-refractivity contribution in [1.29, 1.82) is 0 Å². The van der Waals surface area contributed by atoms with E-state index in [9.17, 15) is 4.79 Å². The van der Waals surface area contributed by atoms with E-state index in [4.69, 9.17) is 5.11 Å². The summed E-state index contributed by atoms with van der Waals surface area (Å²) in [4.78, 5) is 15.4. The number of aryl methyl sites for hydroxylation is 2. The molecular formula is C15H16N2O2. The Morgan fingerprint density at radius 1 is 1.26 bits per heavy atom. The van der Waals surface area contributed by atoms with Crippen LogP contribution in [0.25, 0.3) is 0 Å². The minimum atomic E-state index is -0.941. The highest BCUT2D eigenvalue weighted by Gasteiger charge is 2.07. The van der Waals surface area contributed by atoms with Crippen LogP contribution < -0.4 is 5.32 Å². The van der Waals surface area contributed by atoms with Crippen molar-refractivity contribution in [1.82, 2.24) is 4.98 Å². The zero-order valence-corrected chi connectivity index (χ0v) is 11.0. The molecule has 0 amide bonds. The number of rotatable bonds is 4. The number of benzene rings is 1. The number of aromatic nitrogens is 1. The molecule has 2 aromatic rings. The van der Waals surface area contributed by atoms with Crippen LogP contribution in [-0.4, -0.2) is 16.1 Å². The second-order valence-electron chi connectivity index (χ2n) is 4.38. The van der Waals surface area contributed by atoms with Crippen molar-refractivity contribution < 1.29 is 9.90 Å². The van der Waals surface area contributed by atoms with E-state index in [1.807, 2.05) is 38.1 Å². The number of hydrogen-bond donors (Lipinski definition) is 2. The van der Waals surface area contributed by atoms with Gasteiger partial charge in [0.25, 0.3) is 0 Å². The van der Waals surface area contributed by atoms with Crippen molar-refractivity contribution in [3.8, 4) is 0 Å². The predicted molar refractivity (Wildman–Crippen MR) is 75.0 cm³/mol. The molecule has 0 saturated carbocycles. The van der Waals surface area contributed by atoms with E-state index in [1.54, 1.807) is 12.1 Å². The summed E-state index contributed by atoms with van der Waals surface area (Å²) in [5.41, 5.74) is 3.07. The molecule has 0 radical (unpaired) electrons. The predicted octanol–water partition coefficient (Wildman–Crippen LogP) is 3.39. The summed E-state index contributed by atoms with van der Waals surface area (Å²) >= 11 is 0. The second-order valence-corrected chi connectivity index (χ2v) is 4.38. The molecule has 2 rings (SSSR count). The molecule has 0 unspecified atom stereocenters. The van der Waals surface area contributed by atoms with Crippen LogP contribution in [0.1, 0.15) is 28.5 Å². The Morgan fingerprint density at radius 3 is 2.53 bits per heavy atom. The maximum atomic E-state index is 11.1. The highest BCUT2D eigenvalue weighted by atomic mass is 16.4. The van der Waals surface area contributed by atoms with Gasteiger partial charge in [-0.05, 0) is 37.6 Å². The highest BCUT2D eigenvalue weighted by Crippen LogP contribution is 2.17. The molecule has 0 atom stereocenters. The molecule has 0 saturated heterocycles. The molecule has 98 valence electrons. The van der Waals surface area contributed by atoms with Gasteiger partial charge in [-0.3, -0.25) is 0 Å². The normalized spacial score (nSPS) is 10.2. The summed E-state index contributed by atoms with van der Waals surface area (Å²) < 4.78 is 0. The molecule has 2 N–H and O–H groups in total. The first-order valence-corrected chi connectivity index (χ1v) is 6.16. The lowest BCUT2D eigenvalue weighted by atomic mass is 10.2. The Hall–Kier alpha value is -2.36. The second kappa shape index (κ2) is 5.52. The standard InChI is InChI=1S/C15H16N2O2/c1-3-12-8-11(15(18)19)9-14(16-12)17-13-6-4-10(2)5-7-13/h4-9H,3H2,1-2H3,(H,16,17)(H,18,19). The molecule has 0 bridgehead atoms. The number of carboxylic acids is 1. The van der Waals surface area contributed by atoms with Crippen molar-refractivity contribution in [2.75, 3.05) is 5.32 Å². The topological polar surface area (TPSA) is 62.2 Å². The highest BCUT2D eigenvalue weighted by molar-refractivity contribution is 5.88. The van der Waals surface area contributed by atoms with Gasteiger partial charge in [0.1, 0.15) is 5.82 Å². The number of carbonyl (C=O) groups is 1. The number of hydrogen-bond acceptors (Lipinski definition) is 3. The van der Waals surface area contributed by atoms with Gasteiger partial charge in [-0.15, -0.1) is 0 Å². The number of anilines is 2. The number of nitrogens with one attached hydrogen (secondary N) is 1. The largest absolute Gasteiger partial charge is 0.478 e. The molecule has 0 aliphatic carbocycles. The fraction of sp³-hybridized carbons (Fsp3) is 0.200. The van der Waals surface area contributed by atoms with E-state index in [0.717, 1.165) is 11.4 Å². The van der Waals surface area contributed by atoms with E-state index in [2.05, 4.69) is 10.3 Å². The van der Waals surface area contributed by atoms with Crippen LogP contribution in [-0.2, 0) is 6.42 Å². The minimum absolute atomic E-state index is 0.251. The first kappa shape index (κ1) is 13.1. The molecule has 4 nitrogen and oxygen atoms in total. The summed E-state index contributed by atoms with van der Waals surface area (Å²) in [5, 5.41) is 12.2. The SMILES string of the molecule is CCc1cc(C(=O)O)cc(Nc2ccc(C)cc2)n1. The first-order chi connectivity index (χ1) is 9.08. The molecule has 19 heavy (non-hydrogen) atoms. The van der Waals surface area contributed by atoms with Crippen molar-refractivity contribution in [3.05, 3.63) is 53.2 Å². The zero-order chi connectivity index (χ0) is 13.8. The van der Waals surface area contributed by atoms with Crippen LogP contribution in [0, 0.1) is 6.92 Å². The number of aromatic carboxylic acids is 1. The van der Waals surface area contributed by atoms with Gasteiger partial charge in [0.15, 0.2) is 0 Å². The maximum absolute atomic E-state index is 11.1. The van der Waals surface area contributed by atoms with Gasteiger partial charge >= 0.3 is 5.97 Å². The van der Waals surface area contributed by atoms with Crippen molar-refractivity contribution in [2.24, 2.45) is 0 Å². The molecule has 0 spiro atoms. The van der Waals surface area contributed by atoms with Crippen LogP contribution in [0.3, 0.4) is 0 Å². The van der Waals surface area contributed by atoms with Crippen LogP contribution >= 0.6 is 0 Å². The lowest BCUT2D eigenvalue weighted by molar-refractivity contribution is 0.0696. The van der Waals surface area contributed by atoms with Crippen molar-refractivity contribution >= 4 is 17.5 Å². The molecule has 1 aromatic heterocycles. The maximum Gasteiger partial charge on any atom is 0.335 e.